The van der Waals surface area contributed by atoms with Gasteiger partial charge in [0.25, 0.3) is 11.6 Å². The van der Waals surface area contributed by atoms with Gasteiger partial charge in [0.15, 0.2) is 0 Å². The quantitative estimate of drug-likeness (QED) is 0.618. The van der Waals surface area contributed by atoms with Crippen molar-refractivity contribution in [3.8, 4) is 0 Å². The van der Waals surface area contributed by atoms with Gasteiger partial charge in [-0.3, -0.25) is 14.9 Å². The highest BCUT2D eigenvalue weighted by atomic mass is 35.5. The van der Waals surface area contributed by atoms with E-state index in [-0.39, 0.29) is 22.8 Å². The molecule has 2 aromatic rings. The third-order valence-corrected chi connectivity index (χ3v) is 4.79. The lowest BCUT2D eigenvalue weighted by molar-refractivity contribution is -0.384. The standard InChI is InChI=1S/C18H18ClN3O4/c1-21-7-6-11-8-12(2-5-16(11)21)17(23)10-20-18(24)14-4-3-13(22(25)26)9-15(14)19/h2-5,8-9,17,23H,6-7,10H2,1H3,(H,20,24). The predicted octanol–water partition coefficient (Wildman–Crippen LogP) is 2.70. The fraction of sp³-hybridized carbons (Fsp3) is 0.278. The van der Waals surface area contributed by atoms with Crippen molar-refractivity contribution >= 4 is 28.9 Å². The molecule has 0 radical (unpaired) electrons. The van der Waals surface area contributed by atoms with Gasteiger partial charge in [-0.2, -0.15) is 0 Å². The number of likely N-dealkylation sites (N-methyl/N-ethyl adjacent to an activating group) is 1. The highest BCUT2D eigenvalue weighted by Crippen LogP contribution is 2.29. The maximum absolute atomic E-state index is 12.2. The van der Waals surface area contributed by atoms with Crippen LogP contribution in [0.15, 0.2) is 36.4 Å². The molecule has 2 N–H and O–H groups in total. The molecular formula is C18H18ClN3O4. The maximum Gasteiger partial charge on any atom is 0.270 e. The van der Waals surface area contributed by atoms with E-state index in [4.69, 9.17) is 11.6 Å². The van der Waals surface area contributed by atoms with E-state index in [0.717, 1.165) is 30.3 Å². The third-order valence-electron chi connectivity index (χ3n) is 4.48. The number of halogens is 1. The summed E-state index contributed by atoms with van der Waals surface area (Å²) in [5.41, 5.74) is 3.00. The van der Waals surface area contributed by atoms with Crippen LogP contribution in [0.2, 0.25) is 5.02 Å². The molecule has 1 aliphatic heterocycles. The Labute approximate surface area is 155 Å². The van der Waals surface area contributed by atoms with Crippen LogP contribution in [-0.2, 0) is 6.42 Å². The fourth-order valence-corrected chi connectivity index (χ4v) is 3.26. The first kappa shape index (κ1) is 18.2. The first-order chi connectivity index (χ1) is 12.4. The van der Waals surface area contributed by atoms with Gasteiger partial charge >= 0.3 is 0 Å². The normalized spacial score (nSPS) is 14.0. The first-order valence-corrected chi connectivity index (χ1v) is 8.49. The summed E-state index contributed by atoms with van der Waals surface area (Å²) in [6.07, 6.45) is 0.0731. The van der Waals surface area contributed by atoms with Gasteiger partial charge in [0.05, 0.1) is 21.6 Å². The minimum Gasteiger partial charge on any atom is -0.387 e. The summed E-state index contributed by atoms with van der Waals surface area (Å²) in [6.45, 7) is 0.963. The molecule has 26 heavy (non-hydrogen) atoms. The molecule has 2 aromatic carbocycles. The van der Waals surface area contributed by atoms with Gasteiger partial charge in [0, 0.05) is 38.0 Å². The number of anilines is 1. The Morgan fingerprint density at radius 1 is 1.38 bits per heavy atom. The van der Waals surface area contributed by atoms with Crippen molar-refractivity contribution in [3.05, 3.63) is 68.2 Å². The Kier molecular flexibility index (Phi) is 5.11. The molecule has 0 saturated heterocycles. The molecule has 1 heterocycles. The number of nitro benzene ring substituents is 1. The van der Waals surface area contributed by atoms with Crippen molar-refractivity contribution in [2.24, 2.45) is 0 Å². The van der Waals surface area contributed by atoms with E-state index in [2.05, 4.69) is 10.2 Å². The van der Waals surface area contributed by atoms with Gasteiger partial charge in [-0.15, -0.1) is 0 Å². The fourth-order valence-electron chi connectivity index (χ4n) is 3.00. The van der Waals surface area contributed by atoms with Crippen LogP contribution < -0.4 is 10.2 Å². The van der Waals surface area contributed by atoms with Gasteiger partial charge in [-0.25, -0.2) is 0 Å². The number of hydrogen-bond acceptors (Lipinski definition) is 5. The second-order valence-electron chi connectivity index (χ2n) is 6.21. The Morgan fingerprint density at radius 3 is 2.85 bits per heavy atom. The lowest BCUT2D eigenvalue weighted by Crippen LogP contribution is -2.28. The molecule has 1 atom stereocenters. The van der Waals surface area contributed by atoms with Crippen molar-refractivity contribution in [1.29, 1.82) is 0 Å². The SMILES string of the molecule is CN1CCc2cc(C(O)CNC(=O)c3ccc([N+](=O)[O-])cc3Cl)ccc21. The van der Waals surface area contributed by atoms with Crippen molar-refractivity contribution in [3.63, 3.8) is 0 Å². The smallest absolute Gasteiger partial charge is 0.270 e. The Bertz CT molecular complexity index is 872. The Morgan fingerprint density at radius 2 is 2.15 bits per heavy atom. The molecule has 0 saturated carbocycles. The van der Waals surface area contributed by atoms with Crippen LogP contribution in [0.4, 0.5) is 11.4 Å². The second kappa shape index (κ2) is 7.31. The minimum absolute atomic E-state index is 0.00763. The molecule has 8 heteroatoms. The summed E-state index contributed by atoms with van der Waals surface area (Å²) >= 11 is 5.95. The molecule has 0 bridgehead atoms. The molecule has 0 aliphatic carbocycles. The van der Waals surface area contributed by atoms with Gasteiger partial charge < -0.3 is 15.3 Å². The lowest BCUT2D eigenvalue weighted by atomic mass is 10.0. The number of hydrogen-bond donors (Lipinski definition) is 2. The topological polar surface area (TPSA) is 95.7 Å². The highest BCUT2D eigenvalue weighted by Gasteiger charge is 2.19. The molecule has 0 aromatic heterocycles. The summed E-state index contributed by atoms with van der Waals surface area (Å²) in [4.78, 5) is 24.5. The third kappa shape index (κ3) is 3.63. The number of carbonyl (C=O) groups is 1. The number of fused-ring (bicyclic) bond motifs is 1. The van der Waals surface area contributed by atoms with Crippen LogP contribution in [0.3, 0.4) is 0 Å². The van der Waals surface area contributed by atoms with Gasteiger partial charge in [-0.05, 0) is 29.7 Å². The highest BCUT2D eigenvalue weighted by molar-refractivity contribution is 6.34. The summed E-state index contributed by atoms with van der Waals surface area (Å²) in [7, 11) is 2.02. The Balaban J connectivity index is 1.65. The Hall–Kier alpha value is -2.64. The molecule has 1 unspecified atom stereocenters. The van der Waals surface area contributed by atoms with E-state index in [1.807, 2.05) is 25.2 Å². The van der Waals surface area contributed by atoms with E-state index < -0.39 is 16.9 Å². The van der Waals surface area contributed by atoms with E-state index in [0.29, 0.717) is 0 Å². The molecule has 1 aliphatic rings. The van der Waals surface area contributed by atoms with Gasteiger partial charge in [0.2, 0.25) is 0 Å². The monoisotopic (exact) mass is 375 g/mol. The molecule has 1 amide bonds. The lowest BCUT2D eigenvalue weighted by Gasteiger charge is -2.16. The zero-order chi connectivity index (χ0) is 18.8. The summed E-state index contributed by atoms with van der Waals surface area (Å²) in [6, 6.07) is 9.41. The molecule has 136 valence electrons. The van der Waals surface area contributed by atoms with E-state index in [1.165, 1.54) is 17.7 Å². The average Bonchev–Trinajstić information content (AvgIpc) is 2.99. The summed E-state index contributed by atoms with van der Waals surface area (Å²) in [5, 5.41) is 23.7. The zero-order valence-electron chi connectivity index (χ0n) is 14.1. The zero-order valence-corrected chi connectivity index (χ0v) is 14.9. The number of amides is 1. The van der Waals surface area contributed by atoms with Crippen LogP contribution >= 0.6 is 11.6 Å². The second-order valence-corrected chi connectivity index (χ2v) is 6.61. The van der Waals surface area contributed by atoms with Gasteiger partial charge in [-0.1, -0.05) is 23.7 Å². The molecule has 7 nitrogen and oxygen atoms in total. The van der Waals surface area contributed by atoms with Crippen LogP contribution in [0.1, 0.15) is 27.6 Å². The molecule has 0 fully saturated rings. The van der Waals surface area contributed by atoms with Crippen molar-refractivity contribution in [2.75, 3.05) is 25.0 Å². The summed E-state index contributed by atoms with van der Waals surface area (Å²) < 4.78 is 0. The maximum atomic E-state index is 12.2. The van der Waals surface area contributed by atoms with E-state index in [1.54, 1.807) is 0 Å². The number of nitrogens with zero attached hydrogens (tertiary/aromatic N) is 2. The van der Waals surface area contributed by atoms with Crippen LogP contribution in [0.25, 0.3) is 0 Å². The van der Waals surface area contributed by atoms with Crippen molar-refractivity contribution < 1.29 is 14.8 Å². The van der Waals surface area contributed by atoms with Crippen LogP contribution in [-0.4, -0.2) is 36.1 Å². The number of nitrogens with one attached hydrogen (secondary N) is 1. The number of benzene rings is 2. The number of aliphatic hydroxyl groups excluding tert-OH is 1. The van der Waals surface area contributed by atoms with Crippen LogP contribution in [0, 0.1) is 10.1 Å². The molecule has 0 spiro atoms. The van der Waals surface area contributed by atoms with Crippen molar-refractivity contribution in [2.45, 2.75) is 12.5 Å². The first-order valence-electron chi connectivity index (χ1n) is 8.11. The van der Waals surface area contributed by atoms with E-state index in [9.17, 15) is 20.0 Å². The van der Waals surface area contributed by atoms with Crippen molar-refractivity contribution in [1.82, 2.24) is 5.32 Å². The van der Waals surface area contributed by atoms with E-state index >= 15 is 0 Å². The predicted molar refractivity (Wildman–Crippen MR) is 98.8 cm³/mol. The van der Waals surface area contributed by atoms with Gasteiger partial charge in [0.1, 0.15) is 0 Å². The number of rotatable bonds is 5. The largest absolute Gasteiger partial charge is 0.387 e. The molecule has 3 rings (SSSR count). The average molecular weight is 376 g/mol. The van der Waals surface area contributed by atoms with Crippen LogP contribution in [0.5, 0.6) is 0 Å². The molecular weight excluding hydrogens is 358 g/mol. The summed E-state index contributed by atoms with van der Waals surface area (Å²) in [5.74, 6) is -0.496. The number of carbonyl (C=O) groups excluding carboxylic acids is 1. The number of nitro groups is 1. The number of non-ortho nitro benzene ring substituents is 1. The minimum atomic E-state index is -0.855. The number of aliphatic hydroxyl groups is 1.